The van der Waals surface area contributed by atoms with Crippen molar-refractivity contribution in [3.63, 3.8) is 0 Å². The Labute approximate surface area is 227 Å². The number of hydrazone groups is 1. The zero-order chi connectivity index (χ0) is 26.1. The highest BCUT2D eigenvalue weighted by atomic mass is 79.9. The lowest BCUT2D eigenvalue weighted by atomic mass is 10.2. The molecule has 36 heavy (non-hydrogen) atoms. The highest BCUT2D eigenvalue weighted by molar-refractivity contribution is 9.10. The van der Waals surface area contributed by atoms with Gasteiger partial charge in [-0.2, -0.15) is 5.10 Å². The van der Waals surface area contributed by atoms with Crippen LogP contribution in [0, 0.1) is 0 Å². The Morgan fingerprint density at radius 1 is 1.06 bits per heavy atom. The molecule has 3 aromatic carbocycles. The van der Waals surface area contributed by atoms with Crippen LogP contribution >= 0.6 is 39.1 Å². The molecular weight excluding hydrogens is 571 g/mol. The summed E-state index contributed by atoms with van der Waals surface area (Å²) >= 11 is 15.3. The van der Waals surface area contributed by atoms with E-state index in [1.165, 1.54) is 12.3 Å². The lowest BCUT2D eigenvalue weighted by Crippen LogP contribution is -2.33. The molecule has 0 aromatic heterocycles. The Balaban J connectivity index is 1.64. The number of benzene rings is 3. The molecular formula is C26H23BrCl2N2O5. The predicted octanol–water partition coefficient (Wildman–Crippen LogP) is 6.68. The van der Waals surface area contributed by atoms with Crippen LogP contribution in [0.5, 0.6) is 17.2 Å². The molecule has 0 heterocycles. The lowest BCUT2D eigenvalue weighted by molar-refractivity contribution is -0.127. The minimum Gasteiger partial charge on any atom is -0.494 e. The monoisotopic (exact) mass is 592 g/mol. The number of nitrogens with zero attached hydrogens (tertiary/aromatic N) is 1. The van der Waals surface area contributed by atoms with E-state index in [4.69, 9.17) is 37.4 Å². The quantitative estimate of drug-likeness (QED) is 0.123. The van der Waals surface area contributed by atoms with E-state index < -0.39 is 18.0 Å². The molecule has 0 fully saturated rings. The van der Waals surface area contributed by atoms with Crippen LogP contribution in [0.3, 0.4) is 0 Å². The highest BCUT2D eigenvalue weighted by Gasteiger charge is 2.16. The van der Waals surface area contributed by atoms with Crippen LogP contribution in [0.2, 0.25) is 10.0 Å². The van der Waals surface area contributed by atoms with Crippen molar-refractivity contribution >= 4 is 57.2 Å². The van der Waals surface area contributed by atoms with Crippen molar-refractivity contribution in [2.24, 2.45) is 5.10 Å². The zero-order valence-corrected chi connectivity index (χ0v) is 22.6. The van der Waals surface area contributed by atoms with E-state index in [9.17, 15) is 9.59 Å². The summed E-state index contributed by atoms with van der Waals surface area (Å²) in [6.45, 7) is 4.17. The first-order chi connectivity index (χ1) is 17.3. The van der Waals surface area contributed by atoms with Crippen molar-refractivity contribution < 1.29 is 23.8 Å². The van der Waals surface area contributed by atoms with Crippen LogP contribution in [0.4, 0.5) is 0 Å². The zero-order valence-electron chi connectivity index (χ0n) is 19.5. The van der Waals surface area contributed by atoms with Gasteiger partial charge in [0.05, 0.1) is 23.4 Å². The summed E-state index contributed by atoms with van der Waals surface area (Å²) in [4.78, 5) is 25.0. The molecule has 1 N–H and O–H groups in total. The van der Waals surface area contributed by atoms with Crippen molar-refractivity contribution in [1.29, 1.82) is 0 Å². The van der Waals surface area contributed by atoms with Crippen LogP contribution in [-0.2, 0) is 4.79 Å². The van der Waals surface area contributed by atoms with E-state index in [0.717, 1.165) is 10.9 Å². The summed E-state index contributed by atoms with van der Waals surface area (Å²) in [6.07, 6.45) is 1.38. The fourth-order valence-corrected chi connectivity index (χ4v) is 3.68. The lowest BCUT2D eigenvalue weighted by Gasteiger charge is -2.14. The summed E-state index contributed by atoms with van der Waals surface area (Å²) in [5, 5.41) is 4.72. The maximum absolute atomic E-state index is 12.6. The van der Waals surface area contributed by atoms with Crippen molar-refractivity contribution in [2.75, 3.05) is 6.61 Å². The number of carbonyl (C=O) groups is 2. The number of hydrogen-bond donors (Lipinski definition) is 1. The normalized spacial score (nSPS) is 11.7. The molecule has 1 atom stereocenters. The van der Waals surface area contributed by atoms with Crippen LogP contribution < -0.4 is 19.6 Å². The second-order valence-electron chi connectivity index (χ2n) is 7.51. The summed E-state index contributed by atoms with van der Waals surface area (Å²) < 4.78 is 17.4. The van der Waals surface area contributed by atoms with Gasteiger partial charge in [-0.15, -0.1) is 0 Å². The number of amides is 1. The largest absolute Gasteiger partial charge is 0.494 e. The number of hydrogen-bond acceptors (Lipinski definition) is 6. The molecule has 188 valence electrons. The average molecular weight is 594 g/mol. The van der Waals surface area contributed by atoms with E-state index >= 15 is 0 Å². The molecule has 10 heteroatoms. The standard InChI is InChI=1S/C26H23BrCl2N2O5/c1-3-12-34-21-8-4-17(5-9-21)26(33)36-23-10-6-19(27)13-18(23)15-30-31-25(32)16(2)35-24-11-7-20(28)14-22(24)29/h4-11,13-16H,3,12H2,1-2H3,(H,31,32)/b30-15-/t16-/m1/s1. The fraction of sp³-hybridized carbons (Fsp3) is 0.192. The predicted molar refractivity (Wildman–Crippen MR) is 144 cm³/mol. The number of nitrogens with one attached hydrogen (secondary N) is 1. The van der Waals surface area contributed by atoms with E-state index in [1.54, 1.807) is 61.5 Å². The van der Waals surface area contributed by atoms with Gasteiger partial charge in [-0.3, -0.25) is 4.79 Å². The number of carbonyl (C=O) groups excluding carboxylic acids is 2. The third kappa shape index (κ3) is 7.98. The minimum absolute atomic E-state index is 0.268. The summed E-state index contributed by atoms with van der Waals surface area (Å²) in [6, 6.07) is 16.5. The highest BCUT2D eigenvalue weighted by Crippen LogP contribution is 2.28. The first-order valence-electron chi connectivity index (χ1n) is 11.0. The maximum atomic E-state index is 12.6. The SMILES string of the molecule is CCCOc1ccc(C(=O)Oc2ccc(Br)cc2/C=N\NC(=O)[C@@H](C)Oc2ccc(Cl)cc2Cl)cc1. The van der Waals surface area contributed by atoms with Crippen LogP contribution in [0.15, 0.2) is 70.2 Å². The molecule has 3 aromatic rings. The fourth-order valence-electron chi connectivity index (χ4n) is 2.85. The van der Waals surface area contributed by atoms with Gasteiger partial charge in [0.1, 0.15) is 17.2 Å². The van der Waals surface area contributed by atoms with E-state index in [1.807, 2.05) is 6.92 Å². The van der Waals surface area contributed by atoms with Gasteiger partial charge >= 0.3 is 5.97 Å². The molecule has 0 unspecified atom stereocenters. The van der Waals surface area contributed by atoms with Gasteiger partial charge < -0.3 is 14.2 Å². The van der Waals surface area contributed by atoms with Crippen molar-refractivity contribution in [1.82, 2.24) is 5.43 Å². The van der Waals surface area contributed by atoms with Gasteiger partial charge in [-0.25, -0.2) is 10.2 Å². The molecule has 1 amide bonds. The topological polar surface area (TPSA) is 86.2 Å². The molecule has 0 spiro atoms. The van der Waals surface area contributed by atoms with E-state index in [2.05, 4.69) is 26.5 Å². The Kier molecular flexibility index (Phi) is 10.2. The van der Waals surface area contributed by atoms with E-state index in [0.29, 0.717) is 34.3 Å². The first-order valence-corrected chi connectivity index (χ1v) is 12.5. The summed E-state index contributed by atoms with van der Waals surface area (Å²) in [5.74, 6) is 0.219. The number of ether oxygens (including phenoxy) is 3. The maximum Gasteiger partial charge on any atom is 0.343 e. The van der Waals surface area contributed by atoms with Gasteiger partial charge in [-0.1, -0.05) is 46.1 Å². The van der Waals surface area contributed by atoms with Gasteiger partial charge in [0.15, 0.2) is 6.10 Å². The molecule has 0 aliphatic carbocycles. The van der Waals surface area contributed by atoms with Crippen molar-refractivity contribution in [3.05, 3.63) is 86.3 Å². The first kappa shape index (κ1) is 27.5. The van der Waals surface area contributed by atoms with Crippen molar-refractivity contribution in [2.45, 2.75) is 26.4 Å². The third-order valence-corrected chi connectivity index (χ3v) is 5.71. The van der Waals surface area contributed by atoms with E-state index in [-0.39, 0.29) is 10.8 Å². The second-order valence-corrected chi connectivity index (χ2v) is 9.27. The molecule has 3 rings (SSSR count). The van der Waals surface area contributed by atoms with Crippen molar-refractivity contribution in [3.8, 4) is 17.2 Å². The third-order valence-electron chi connectivity index (χ3n) is 4.68. The van der Waals surface area contributed by atoms with Gasteiger partial charge in [0, 0.05) is 15.1 Å². The smallest absolute Gasteiger partial charge is 0.343 e. The molecule has 0 aliphatic rings. The van der Waals surface area contributed by atoms with Gasteiger partial charge in [-0.05, 0) is 74.0 Å². The minimum atomic E-state index is -0.884. The Bertz CT molecular complexity index is 1250. The molecule has 7 nitrogen and oxygen atoms in total. The molecule has 0 radical (unpaired) electrons. The Hall–Kier alpha value is -3.07. The van der Waals surface area contributed by atoms with Gasteiger partial charge in [0.2, 0.25) is 0 Å². The number of rotatable bonds is 10. The Morgan fingerprint density at radius 2 is 1.78 bits per heavy atom. The number of esters is 1. The average Bonchev–Trinajstić information content (AvgIpc) is 2.86. The summed E-state index contributed by atoms with van der Waals surface area (Å²) in [5.41, 5.74) is 3.24. The number of halogens is 3. The Morgan fingerprint density at radius 3 is 2.47 bits per heavy atom. The second kappa shape index (κ2) is 13.3. The molecule has 0 bridgehead atoms. The summed E-state index contributed by atoms with van der Waals surface area (Å²) in [7, 11) is 0. The van der Waals surface area contributed by atoms with Gasteiger partial charge in [0.25, 0.3) is 5.91 Å². The molecule has 0 saturated carbocycles. The molecule has 0 aliphatic heterocycles. The van der Waals surface area contributed by atoms with Crippen LogP contribution in [0.25, 0.3) is 0 Å². The molecule has 0 saturated heterocycles. The van der Waals surface area contributed by atoms with Crippen LogP contribution in [0.1, 0.15) is 36.2 Å². The van der Waals surface area contributed by atoms with Crippen LogP contribution in [-0.4, -0.2) is 30.8 Å².